The van der Waals surface area contributed by atoms with Gasteiger partial charge in [-0.05, 0) is 31.4 Å². The first-order chi connectivity index (χ1) is 8.09. The zero-order valence-electron chi connectivity index (χ0n) is 10.3. The summed E-state index contributed by atoms with van der Waals surface area (Å²) < 4.78 is 13.6. The van der Waals surface area contributed by atoms with Gasteiger partial charge >= 0.3 is 0 Å². The number of rotatable bonds is 2. The van der Waals surface area contributed by atoms with E-state index in [-0.39, 0.29) is 11.2 Å². The Balaban J connectivity index is 2.49. The first-order valence-electron chi connectivity index (χ1n) is 6.29. The fourth-order valence-corrected chi connectivity index (χ4v) is 2.95. The number of hydrogen-bond acceptors (Lipinski definition) is 2. The van der Waals surface area contributed by atoms with E-state index in [1.165, 1.54) is 12.5 Å². The Bertz CT molecular complexity index is 411. The molecule has 17 heavy (non-hydrogen) atoms. The normalized spacial score (nSPS) is 19.2. The number of aromatic hydroxyl groups is 1. The molecule has 2 nitrogen and oxygen atoms in total. The second-order valence-corrected chi connectivity index (χ2v) is 5.19. The molecule has 2 rings (SSSR count). The minimum Gasteiger partial charge on any atom is -0.505 e. The van der Waals surface area contributed by atoms with Gasteiger partial charge in [-0.25, -0.2) is 4.39 Å². The summed E-state index contributed by atoms with van der Waals surface area (Å²) in [5.41, 5.74) is 7.23. The van der Waals surface area contributed by atoms with Crippen LogP contribution in [0.1, 0.15) is 43.2 Å². The van der Waals surface area contributed by atoms with Crippen LogP contribution in [0.15, 0.2) is 12.1 Å². The number of phenolic OH excluding ortho intramolecular Hbond substituents is 1. The third-order valence-electron chi connectivity index (χ3n) is 3.98. The van der Waals surface area contributed by atoms with Gasteiger partial charge in [0, 0.05) is 17.5 Å². The topological polar surface area (TPSA) is 46.2 Å². The summed E-state index contributed by atoms with van der Waals surface area (Å²) in [5.74, 6) is -0.735. The van der Waals surface area contributed by atoms with Crippen molar-refractivity contribution in [3.63, 3.8) is 0 Å². The van der Waals surface area contributed by atoms with Crippen molar-refractivity contribution >= 4 is 0 Å². The molecule has 3 N–H and O–H groups in total. The molecular weight excluding hydrogens is 217 g/mol. The molecule has 1 fully saturated rings. The van der Waals surface area contributed by atoms with Crippen molar-refractivity contribution in [2.24, 2.45) is 5.73 Å². The number of benzene rings is 1. The molecule has 0 amide bonds. The van der Waals surface area contributed by atoms with E-state index in [1.54, 1.807) is 0 Å². The third kappa shape index (κ3) is 2.16. The Kier molecular flexibility index (Phi) is 3.38. The predicted molar refractivity (Wildman–Crippen MR) is 66.6 cm³/mol. The van der Waals surface area contributed by atoms with E-state index in [9.17, 15) is 9.50 Å². The van der Waals surface area contributed by atoms with Crippen molar-refractivity contribution in [3.05, 3.63) is 29.1 Å². The molecule has 0 aliphatic heterocycles. The number of nitrogens with two attached hydrogens (primary N) is 1. The average molecular weight is 237 g/mol. The van der Waals surface area contributed by atoms with Crippen molar-refractivity contribution in [2.75, 3.05) is 6.54 Å². The van der Waals surface area contributed by atoms with Crippen LogP contribution < -0.4 is 5.73 Å². The summed E-state index contributed by atoms with van der Waals surface area (Å²) in [5, 5.41) is 9.94. The SMILES string of the molecule is Cc1cc(F)c(O)c(C2(CN)CCCCC2)c1. The smallest absolute Gasteiger partial charge is 0.165 e. The van der Waals surface area contributed by atoms with Gasteiger partial charge in [-0.15, -0.1) is 0 Å². The van der Waals surface area contributed by atoms with Crippen LogP contribution in [0.4, 0.5) is 4.39 Å². The zero-order chi connectivity index (χ0) is 12.5. The highest BCUT2D eigenvalue weighted by atomic mass is 19.1. The Morgan fingerprint density at radius 2 is 1.94 bits per heavy atom. The van der Waals surface area contributed by atoms with Crippen LogP contribution in [0, 0.1) is 12.7 Å². The molecule has 3 heteroatoms. The van der Waals surface area contributed by atoms with Gasteiger partial charge < -0.3 is 10.8 Å². The van der Waals surface area contributed by atoms with Crippen LogP contribution in [0.3, 0.4) is 0 Å². The molecule has 1 aliphatic carbocycles. The highest BCUT2D eigenvalue weighted by Crippen LogP contribution is 2.43. The Morgan fingerprint density at radius 1 is 1.29 bits per heavy atom. The maximum Gasteiger partial charge on any atom is 0.165 e. The minimum atomic E-state index is -0.529. The van der Waals surface area contributed by atoms with Gasteiger partial charge in [0.1, 0.15) is 0 Å². The Hall–Kier alpha value is -1.09. The Labute approximate surface area is 102 Å². The molecule has 1 saturated carbocycles. The number of phenols is 1. The molecule has 94 valence electrons. The average Bonchev–Trinajstić information content (AvgIpc) is 2.34. The second kappa shape index (κ2) is 4.65. The molecule has 0 unspecified atom stereocenters. The Morgan fingerprint density at radius 3 is 2.53 bits per heavy atom. The zero-order valence-corrected chi connectivity index (χ0v) is 10.3. The minimum absolute atomic E-state index is 0.206. The van der Waals surface area contributed by atoms with Gasteiger partial charge in [-0.2, -0.15) is 0 Å². The molecule has 1 aliphatic rings. The fourth-order valence-electron chi connectivity index (χ4n) is 2.95. The summed E-state index contributed by atoms with van der Waals surface area (Å²) in [6, 6.07) is 3.25. The fraction of sp³-hybridized carbons (Fsp3) is 0.571. The lowest BCUT2D eigenvalue weighted by Gasteiger charge is -2.37. The quantitative estimate of drug-likeness (QED) is 0.830. The second-order valence-electron chi connectivity index (χ2n) is 5.19. The van der Waals surface area contributed by atoms with Crippen molar-refractivity contribution in [3.8, 4) is 5.75 Å². The van der Waals surface area contributed by atoms with E-state index in [0.717, 1.165) is 31.2 Å². The lowest BCUT2D eigenvalue weighted by Crippen LogP contribution is -2.37. The van der Waals surface area contributed by atoms with Crippen LogP contribution in [-0.2, 0) is 5.41 Å². The largest absolute Gasteiger partial charge is 0.505 e. The molecule has 0 atom stereocenters. The van der Waals surface area contributed by atoms with E-state index in [4.69, 9.17) is 5.73 Å². The molecule has 0 spiro atoms. The first-order valence-corrected chi connectivity index (χ1v) is 6.29. The number of aryl methyl sites for hydroxylation is 1. The van der Waals surface area contributed by atoms with E-state index >= 15 is 0 Å². The van der Waals surface area contributed by atoms with Crippen LogP contribution in [0.2, 0.25) is 0 Å². The summed E-state index contributed by atoms with van der Waals surface area (Å²) in [7, 11) is 0. The highest BCUT2D eigenvalue weighted by molar-refractivity contribution is 5.43. The third-order valence-corrected chi connectivity index (χ3v) is 3.98. The van der Waals surface area contributed by atoms with E-state index in [0.29, 0.717) is 12.1 Å². The number of hydrogen-bond donors (Lipinski definition) is 2. The molecule has 1 aromatic carbocycles. The van der Waals surface area contributed by atoms with Gasteiger partial charge in [-0.1, -0.05) is 25.3 Å². The van der Waals surface area contributed by atoms with Gasteiger partial charge in [0.05, 0.1) is 0 Å². The summed E-state index contributed by atoms with van der Waals surface area (Å²) in [6.45, 7) is 2.32. The molecule has 0 bridgehead atoms. The van der Waals surface area contributed by atoms with Crippen molar-refractivity contribution < 1.29 is 9.50 Å². The van der Waals surface area contributed by atoms with Crippen molar-refractivity contribution in [2.45, 2.75) is 44.4 Å². The van der Waals surface area contributed by atoms with Gasteiger partial charge in [0.2, 0.25) is 0 Å². The molecule has 0 radical (unpaired) electrons. The highest BCUT2D eigenvalue weighted by Gasteiger charge is 2.35. The first kappa shape index (κ1) is 12.4. The monoisotopic (exact) mass is 237 g/mol. The lowest BCUT2D eigenvalue weighted by molar-refractivity contribution is 0.287. The molecule has 0 saturated heterocycles. The molecule has 0 heterocycles. The van der Waals surface area contributed by atoms with Gasteiger partial charge in [0.25, 0.3) is 0 Å². The summed E-state index contributed by atoms with van der Waals surface area (Å²) in [4.78, 5) is 0. The van der Waals surface area contributed by atoms with Gasteiger partial charge in [-0.3, -0.25) is 0 Å². The van der Waals surface area contributed by atoms with E-state index in [2.05, 4.69) is 0 Å². The van der Waals surface area contributed by atoms with Crippen molar-refractivity contribution in [1.29, 1.82) is 0 Å². The standard InChI is InChI=1S/C14H20FNO/c1-10-7-11(13(17)12(15)8-10)14(9-16)5-3-2-4-6-14/h7-8,17H,2-6,9,16H2,1H3. The summed E-state index contributed by atoms with van der Waals surface area (Å²) >= 11 is 0. The molecule has 1 aromatic rings. The van der Waals surface area contributed by atoms with Crippen LogP contribution in [0.25, 0.3) is 0 Å². The maximum absolute atomic E-state index is 13.6. The summed E-state index contributed by atoms with van der Waals surface area (Å²) in [6.07, 6.45) is 5.30. The van der Waals surface area contributed by atoms with Crippen LogP contribution in [0.5, 0.6) is 5.75 Å². The van der Waals surface area contributed by atoms with Crippen LogP contribution in [-0.4, -0.2) is 11.7 Å². The van der Waals surface area contributed by atoms with E-state index < -0.39 is 5.82 Å². The van der Waals surface area contributed by atoms with Crippen LogP contribution >= 0.6 is 0 Å². The molecular formula is C14H20FNO. The number of halogens is 1. The lowest BCUT2D eigenvalue weighted by atomic mass is 9.69. The molecule has 0 aromatic heterocycles. The van der Waals surface area contributed by atoms with Gasteiger partial charge in [0.15, 0.2) is 11.6 Å². The predicted octanol–water partition coefficient (Wildman–Crippen LogP) is 3.00. The maximum atomic E-state index is 13.6. The van der Waals surface area contributed by atoms with Crippen molar-refractivity contribution in [1.82, 2.24) is 0 Å². The van der Waals surface area contributed by atoms with E-state index in [1.807, 2.05) is 13.0 Å².